The van der Waals surface area contributed by atoms with Crippen molar-refractivity contribution >= 4 is 17.6 Å². The van der Waals surface area contributed by atoms with E-state index in [1.165, 1.54) is 0 Å². The van der Waals surface area contributed by atoms with Crippen molar-refractivity contribution in [1.82, 2.24) is 0 Å². The first-order chi connectivity index (χ1) is 5.61. The average Bonchev–Trinajstić information content (AvgIpc) is 2.62. The molecule has 0 saturated heterocycles. The van der Waals surface area contributed by atoms with Gasteiger partial charge < -0.3 is 4.74 Å². The second-order valence-electron chi connectivity index (χ2n) is 3.02. The molecule has 2 atom stereocenters. The molecule has 0 spiro atoms. The van der Waals surface area contributed by atoms with E-state index in [9.17, 15) is 9.18 Å². The van der Waals surface area contributed by atoms with Crippen LogP contribution in [-0.4, -0.2) is 23.6 Å². The summed E-state index contributed by atoms with van der Waals surface area (Å²) in [6.45, 7) is 2.33. The van der Waals surface area contributed by atoms with Crippen LogP contribution in [0.4, 0.5) is 4.39 Å². The monoisotopic (exact) mass is 194 g/mol. The Balaban J connectivity index is 2.21. The Morgan fingerprint density at radius 2 is 2.42 bits per heavy atom. The van der Waals surface area contributed by atoms with Gasteiger partial charge in [-0.25, -0.2) is 4.39 Å². The fourth-order valence-electron chi connectivity index (χ4n) is 0.842. The van der Waals surface area contributed by atoms with E-state index < -0.39 is 17.0 Å². The van der Waals surface area contributed by atoms with Crippen LogP contribution in [0.3, 0.4) is 0 Å². The van der Waals surface area contributed by atoms with Gasteiger partial charge in [-0.15, -0.1) is 11.6 Å². The lowest BCUT2D eigenvalue weighted by molar-refractivity contribution is -0.144. The summed E-state index contributed by atoms with van der Waals surface area (Å²) in [5, 5.41) is 0. The van der Waals surface area contributed by atoms with Crippen molar-refractivity contribution in [3.63, 3.8) is 0 Å². The summed E-state index contributed by atoms with van der Waals surface area (Å²) in [4.78, 5) is 9.68. The topological polar surface area (TPSA) is 26.3 Å². The molecular weight excluding hydrogens is 183 g/mol. The third-order valence-electron chi connectivity index (χ3n) is 1.88. The zero-order valence-corrected chi connectivity index (χ0v) is 7.73. The molecule has 1 aliphatic carbocycles. The van der Waals surface area contributed by atoms with Crippen LogP contribution in [0.5, 0.6) is 0 Å². The normalized spacial score (nSPS) is 33.1. The van der Waals surface area contributed by atoms with Gasteiger partial charge in [-0.2, -0.15) is 0 Å². The molecule has 0 radical (unpaired) electrons. The standard InChI is InChI=1S/C8H12ClFO2/c1-2-3-4-12-7(11)8(9)5-6(8)10/h6H,2-5H2,1H3. The van der Waals surface area contributed by atoms with E-state index in [0.29, 0.717) is 6.61 Å². The van der Waals surface area contributed by atoms with Gasteiger partial charge in [0.25, 0.3) is 0 Å². The van der Waals surface area contributed by atoms with E-state index in [1.807, 2.05) is 6.92 Å². The minimum absolute atomic E-state index is 0.0967. The van der Waals surface area contributed by atoms with Gasteiger partial charge in [0.05, 0.1) is 6.61 Å². The van der Waals surface area contributed by atoms with Gasteiger partial charge >= 0.3 is 5.97 Å². The summed E-state index contributed by atoms with van der Waals surface area (Å²) >= 11 is 5.57. The van der Waals surface area contributed by atoms with Crippen molar-refractivity contribution < 1.29 is 13.9 Å². The summed E-state index contributed by atoms with van der Waals surface area (Å²) in [7, 11) is 0. The Morgan fingerprint density at radius 3 is 2.83 bits per heavy atom. The molecule has 0 N–H and O–H groups in total. The van der Waals surface area contributed by atoms with Crippen molar-refractivity contribution in [2.45, 2.75) is 37.2 Å². The van der Waals surface area contributed by atoms with E-state index >= 15 is 0 Å². The van der Waals surface area contributed by atoms with Crippen LogP contribution in [0.2, 0.25) is 0 Å². The summed E-state index contributed by atoms with van der Waals surface area (Å²) in [6.07, 6.45) is 0.629. The lowest BCUT2D eigenvalue weighted by atomic mass is 10.3. The molecule has 1 fully saturated rings. The number of rotatable bonds is 4. The predicted octanol–water partition coefficient (Wildman–Crippen LogP) is 2.05. The van der Waals surface area contributed by atoms with Crippen LogP contribution in [0.15, 0.2) is 0 Å². The van der Waals surface area contributed by atoms with Crippen LogP contribution in [0.1, 0.15) is 26.2 Å². The third kappa shape index (κ3) is 1.89. The van der Waals surface area contributed by atoms with Crippen LogP contribution in [0.25, 0.3) is 0 Å². The highest BCUT2D eigenvalue weighted by Gasteiger charge is 2.61. The Morgan fingerprint density at radius 1 is 1.83 bits per heavy atom. The number of hydrogen-bond acceptors (Lipinski definition) is 2. The lowest BCUT2D eigenvalue weighted by Gasteiger charge is -2.06. The zero-order chi connectivity index (χ0) is 9.19. The van der Waals surface area contributed by atoms with Crippen molar-refractivity contribution in [2.75, 3.05) is 6.61 Å². The quantitative estimate of drug-likeness (QED) is 0.389. The molecule has 0 aromatic carbocycles. The summed E-state index contributed by atoms with van der Waals surface area (Å²) < 4.78 is 17.3. The molecule has 0 amide bonds. The van der Waals surface area contributed by atoms with Crippen molar-refractivity contribution in [2.24, 2.45) is 0 Å². The van der Waals surface area contributed by atoms with Gasteiger partial charge in [0, 0.05) is 6.42 Å². The maximum atomic E-state index is 12.5. The first kappa shape index (κ1) is 9.78. The maximum Gasteiger partial charge on any atom is 0.330 e. The number of carbonyl (C=O) groups is 1. The molecule has 1 saturated carbocycles. The molecule has 1 rings (SSSR count). The molecule has 12 heavy (non-hydrogen) atoms. The number of ether oxygens (including phenoxy) is 1. The van der Waals surface area contributed by atoms with Crippen LogP contribution >= 0.6 is 11.6 Å². The Kier molecular flexibility index (Phi) is 2.94. The number of alkyl halides is 2. The zero-order valence-electron chi connectivity index (χ0n) is 6.98. The summed E-state index contributed by atoms with van der Waals surface area (Å²) in [5.41, 5.74) is 0. The smallest absolute Gasteiger partial charge is 0.330 e. The highest BCUT2D eigenvalue weighted by atomic mass is 35.5. The predicted molar refractivity (Wildman–Crippen MR) is 44.0 cm³/mol. The number of esters is 1. The molecule has 1 aliphatic rings. The Hall–Kier alpha value is -0.310. The highest BCUT2D eigenvalue weighted by Crippen LogP contribution is 2.46. The van der Waals surface area contributed by atoms with Gasteiger partial charge in [0.1, 0.15) is 6.17 Å². The van der Waals surface area contributed by atoms with Crippen molar-refractivity contribution in [3.05, 3.63) is 0 Å². The van der Waals surface area contributed by atoms with Crippen molar-refractivity contribution in [3.8, 4) is 0 Å². The number of halogens is 2. The molecular formula is C8H12ClFO2. The van der Waals surface area contributed by atoms with E-state index in [2.05, 4.69) is 0 Å². The molecule has 70 valence electrons. The van der Waals surface area contributed by atoms with Gasteiger partial charge in [-0.3, -0.25) is 4.79 Å². The van der Waals surface area contributed by atoms with Crippen LogP contribution < -0.4 is 0 Å². The third-order valence-corrected chi connectivity index (χ3v) is 2.43. The SMILES string of the molecule is CCCCOC(=O)C1(Cl)CC1F. The fourth-order valence-corrected chi connectivity index (χ4v) is 1.03. The van der Waals surface area contributed by atoms with Gasteiger partial charge in [-0.1, -0.05) is 13.3 Å². The highest BCUT2D eigenvalue weighted by molar-refractivity contribution is 6.37. The lowest BCUT2D eigenvalue weighted by Crippen LogP contribution is -2.22. The minimum Gasteiger partial charge on any atom is -0.464 e. The van der Waals surface area contributed by atoms with Gasteiger partial charge in [-0.05, 0) is 6.42 Å². The first-order valence-electron chi connectivity index (χ1n) is 4.11. The molecule has 2 nitrogen and oxygen atoms in total. The molecule has 0 aromatic heterocycles. The Labute approximate surface area is 76.0 Å². The fraction of sp³-hybridized carbons (Fsp3) is 0.875. The second kappa shape index (κ2) is 3.60. The van der Waals surface area contributed by atoms with Gasteiger partial charge in [0.15, 0.2) is 4.87 Å². The molecule has 4 heteroatoms. The minimum atomic E-state index is -1.34. The summed E-state index contributed by atoms with van der Waals surface area (Å²) in [5.74, 6) is -0.606. The first-order valence-corrected chi connectivity index (χ1v) is 4.49. The average molecular weight is 195 g/mol. The van der Waals surface area contributed by atoms with E-state index in [1.54, 1.807) is 0 Å². The van der Waals surface area contributed by atoms with Crippen molar-refractivity contribution in [1.29, 1.82) is 0 Å². The Bertz CT molecular complexity index is 186. The van der Waals surface area contributed by atoms with E-state index in [0.717, 1.165) is 12.8 Å². The number of hydrogen-bond donors (Lipinski definition) is 0. The molecule has 0 heterocycles. The van der Waals surface area contributed by atoms with Crippen LogP contribution in [0, 0.1) is 0 Å². The van der Waals surface area contributed by atoms with E-state index in [-0.39, 0.29) is 6.42 Å². The molecule has 0 bridgehead atoms. The van der Waals surface area contributed by atoms with Gasteiger partial charge in [0.2, 0.25) is 0 Å². The second-order valence-corrected chi connectivity index (χ2v) is 3.70. The van der Waals surface area contributed by atoms with Crippen LogP contribution in [-0.2, 0) is 9.53 Å². The maximum absolute atomic E-state index is 12.5. The molecule has 0 aromatic rings. The number of carbonyl (C=O) groups excluding carboxylic acids is 1. The summed E-state index contributed by atoms with van der Waals surface area (Å²) in [6, 6.07) is 0. The van der Waals surface area contributed by atoms with E-state index in [4.69, 9.17) is 16.3 Å². The molecule has 0 aliphatic heterocycles. The number of unbranched alkanes of at least 4 members (excludes halogenated alkanes) is 1. The molecule has 2 unspecified atom stereocenters. The largest absolute Gasteiger partial charge is 0.464 e.